The predicted molar refractivity (Wildman–Crippen MR) is 111 cm³/mol. The molecule has 3 N–H and O–H groups in total. The van der Waals surface area contributed by atoms with Crippen LogP contribution in [-0.4, -0.2) is 47.1 Å². The summed E-state index contributed by atoms with van der Waals surface area (Å²) >= 11 is 0. The fourth-order valence-corrected chi connectivity index (χ4v) is 4.06. The van der Waals surface area contributed by atoms with Gasteiger partial charge in [-0.05, 0) is 43.2 Å². The van der Waals surface area contributed by atoms with Crippen molar-refractivity contribution in [2.75, 3.05) is 31.4 Å². The molecular formula is C20H23N3O6S. The molecule has 0 spiro atoms. The molecule has 0 bridgehead atoms. The number of para-hydroxylation sites is 1. The molecule has 0 unspecified atom stereocenters. The van der Waals surface area contributed by atoms with Gasteiger partial charge in [-0.25, -0.2) is 17.9 Å². The molecule has 1 aliphatic rings. The van der Waals surface area contributed by atoms with Crippen LogP contribution >= 0.6 is 0 Å². The van der Waals surface area contributed by atoms with Crippen LogP contribution < -0.4 is 20.1 Å². The zero-order valence-electron chi connectivity index (χ0n) is 16.6. The van der Waals surface area contributed by atoms with Crippen LogP contribution in [-0.2, 0) is 19.6 Å². The molecule has 0 atom stereocenters. The van der Waals surface area contributed by atoms with Crippen molar-refractivity contribution in [1.29, 1.82) is 0 Å². The average Bonchev–Trinajstić information content (AvgIpc) is 3.55. The number of benzene rings is 2. The highest BCUT2D eigenvalue weighted by Gasteiger charge is 2.28. The van der Waals surface area contributed by atoms with Crippen molar-refractivity contribution in [3.8, 4) is 5.75 Å². The Morgan fingerprint density at radius 2 is 1.80 bits per heavy atom. The second-order valence-corrected chi connectivity index (χ2v) is 8.41. The minimum absolute atomic E-state index is 0.0193. The van der Waals surface area contributed by atoms with Crippen LogP contribution in [0.5, 0.6) is 5.75 Å². The number of sulfonamides is 1. The molecule has 1 fully saturated rings. The van der Waals surface area contributed by atoms with Crippen molar-refractivity contribution in [2.24, 2.45) is 0 Å². The summed E-state index contributed by atoms with van der Waals surface area (Å²) in [6, 6.07) is 10.8. The Bertz CT molecular complexity index is 1050. The number of nitrogens with one attached hydrogen (secondary N) is 3. The van der Waals surface area contributed by atoms with Crippen LogP contribution in [0, 0.1) is 0 Å². The Balaban J connectivity index is 1.71. The Hall–Kier alpha value is -3.11. The lowest BCUT2D eigenvalue weighted by molar-refractivity contribution is -0.114. The van der Waals surface area contributed by atoms with E-state index in [9.17, 15) is 18.0 Å². The van der Waals surface area contributed by atoms with Crippen molar-refractivity contribution in [2.45, 2.75) is 23.8 Å². The molecule has 0 aromatic heterocycles. The summed E-state index contributed by atoms with van der Waals surface area (Å²) in [5.74, 6) is -0.609. The van der Waals surface area contributed by atoms with E-state index in [0.717, 1.165) is 12.8 Å². The number of carbonyl (C=O) groups excluding carboxylic acids is 2. The van der Waals surface area contributed by atoms with Gasteiger partial charge in [-0.15, -0.1) is 0 Å². The van der Waals surface area contributed by atoms with Crippen molar-refractivity contribution >= 4 is 33.3 Å². The van der Waals surface area contributed by atoms with Crippen LogP contribution in [0.3, 0.4) is 0 Å². The average molecular weight is 433 g/mol. The zero-order chi connectivity index (χ0) is 21.7. The van der Waals surface area contributed by atoms with Gasteiger partial charge in [0.2, 0.25) is 15.9 Å². The molecule has 1 amide bonds. The molecule has 1 aliphatic carbocycles. The van der Waals surface area contributed by atoms with Crippen molar-refractivity contribution in [3.63, 3.8) is 0 Å². The Morgan fingerprint density at radius 3 is 2.47 bits per heavy atom. The van der Waals surface area contributed by atoms with Gasteiger partial charge in [0.05, 0.1) is 42.6 Å². The van der Waals surface area contributed by atoms with E-state index >= 15 is 0 Å². The smallest absolute Gasteiger partial charge is 0.339 e. The first-order chi connectivity index (χ1) is 14.3. The molecular weight excluding hydrogens is 410 g/mol. The molecule has 9 nitrogen and oxygen atoms in total. The third-order valence-corrected chi connectivity index (χ3v) is 5.94. The lowest BCUT2D eigenvalue weighted by Crippen LogP contribution is -2.26. The van der Waals surface area contributed by atoms with Crippen LogP contribution in [0.4, 0.5) is 11.4 Å². The van der Waals surface area contributed by atoms with E-state index in [1.54, 1.807) is 24.3 Å². The Kier molecular flexibility index (Phi) is 6.58. The number of esters is 1. The molecule has 0 radical (unpaired) electrons. The molecule has 2 aromatic carbocycles. The summed E-state index contributed by atoms with van der Waals surface area (Å²) in [4.78, 5) is 24.3. The maximum Gasteiger partial charge on any atom is 0.339 e. The summed E-state index contributed by atoms with van der Waals surface area (Å²) in [7, 11) is -0.941. The van der Waals surface area contributed by atoms with Crippen molar-refractivity contribution < 1.29 is 27.5 Å². The van der Waals surface area contributed by atoms with Gasteiger partial charge < -0.3 is 20.1 Å². The summed E-state index contributed by atoms with van der Waals surface area (Å²) < 4.78 is 37.5. The third-order valence-electron chi connectivity index (χ3n) is 4.43. The molecule has 0 saturated heterocycles. The normalized spacial score (nSPS) is 13.4. The Morgan fingerprint density at radius 1 is 1.07 bits per heavy atom. The number of amides is 1. The number of hydrogen-bond acceptors (Lipinski definition) is 7. The van der Waals surface area contributed by atoms with Crippen molar-refractivity contribution in [1.82, 2.24) is 4.72 Å². The lowest BCUT2D eigenvalue weighted by Gasteiger charge is -2.14. The number of hydrogen-bond donors (Lipinski definition) is 3. The van der Waals surface area contributed by atoms with Crippen LogP contribution in [0.2, 0.25) is 0 Å². The summed E-state index contributed by atoms with van der Waals surface area (Å²) in [5.41, 5.74) is 0.894. The van der Waals surface area contributed by atoms with Gasteiger partial charge in [0.1, 0.15) is 5.75 Å². The largest absolute Gasteiger partial charge is 0.495 e. The molecule has 160 valence electrons. The second-order valence-electron chi connectivity index (χ2n) is 6.70. The minimum Gasteiger partial charge on any atom is -0.495 e. The van der Waals surface area contributed by atoms with Crippen LogP contribution in [0.15, 0.2) is 47.4 Å². The van der Waals surface area contributed by atoms with E-state index in [2.05, 4.69) is 15.4 Å². The number of carbonyl (C=O) groups is 2. The van der Waals surface area contributed by atoms with E-state index in [-0.39, 0.29) is 23.0 Å². The predicted octanol–water partition coefficient (Wildman–Crippen LogP) is 1.97. The van der Waals surface area contributed by atoms with Gasteiger partial charge in [0, 0.05) is 6.04 Å². The fourth-order valence-electron chi connectivity index (χ4n) is 2.73. The number of ether oxygens (including phenoxy) is 2. The maximum atomic E-state index is 12.4. The molecule has 10 heteroatoms. The van der Waals surface area contributed by atoms with E-state index in [0.29, 0.717) is 17.1 Å². The molecule has 0 aliphatic heterocycles. The van der Waals surface area contributed by atoms with Gasteiger partial charge >= 0.3 is 5.97 Å². The highest BCUT2D eigenvalue weighted by atomic mass is 32.2. The monoisotopic (exact) mass is 433 g/mol. The first-order valence-corrected chi connectivity index (χ1v) is 10.7. The van der Waals surface area contributed by atoms with E-state index in [1.165, 1.54) is 32.4 Å². The lowest BCUT2D eigenvalue weighted by atomic mass is 10.2. The molecule has 0 heterocycles. The third kappa shape index (κ3) is 5.28. The van der Waals surface area contributed by atoms with Gasteiger partial charge in [-0.3, -0.25) is 4.79 Å². The molecule has 3 rings (SSSR count). The van der Waals surface area contributed by atoms with Gasteiger partial charge in [0.25, 0.3) is 0 Å². The topological polar surface area (TPSA) is 123 Å². The quantitative estimate of drug-likeness (QED) is 0.517. The van der Waals surface area contributed by atoms with Gasteiger partial charge in [-0.1, -0.05) is 12.1 Å². The number of anilines is 2. The standard InChI is InChI=1S/C20H23N3O6S/c1-28-18-10-9-14(30(26,27)23-13-7-8-13)11-17(18)21-12-19(24)22-16-6-4-3-5-15(16)20(25)29-2/h3-6,9-11,13,21,23H,7-8,12H2,1-2H3,(H,22,24). The van der Waals surface area contributed by atoms with Gasteiger partial charge in [-0.2, -0.15) is 0 Å². The maximum absolute atomic E-state index is 12.4. The van der Waals surface area contributed by atoms with Crippen molar-refractivity contribution in [3.05, 3.63) is 48.0 Å². The number of rotatable bonds is 9. The number of methoxy groups -OCH3 is 2. The summed E-state index contributed by atoms with van der Waals surface area (Å²) in [5, 5.41) is 5.52. The first kappa shape index (κ1) is 21.6. The summed E-state index contributed by atoms with van der Waals surface area (Å²) in [6.45, 7) is -0.175. The SMILES string of the molecule is COC(=O)c1ccccc1NC(=O)CNc1cc(S(=O)(=O)NC2CC2)ccc1OC. The van der Waals surface area contributed by atoms with Gasteiger partial charge in [0.15, 0.2) is 0 Å². The minimum atomic E-state index is -3.65. The van der Waals surface area contributed by atoms with E-state index in [4.69, 9.17) is 9.47 Å². The highest BCUT2D eigenvalue weighted by Crippen LogP contribution is 2.29. The fraction of sp³-hybridized carbons (Fsp3) is 0.300. The highest BCUT2D eigenvalue weighted by molar-refractivity contribution is 7.89. The van der Waals surface area contributed by atoms with E-state index < -0.39 is 21.9 Å². The second kappa shape index (κ2) is 9.14. The summed E-state index contributed by atoms with van der Waals surface area (Å²) in [6.07, 6.45) is 1.65. The van der Waals surface area contributed by atoms with Crippen LogP contribution in [0.1, 0.15) is 23.2 Å². The molecule has 30 heavy (non-hydrogen) atoms. The van der Waals surface area contributed by atoms with E-state index in [1.807, 2.05) is 0 Å². The molecule has 2 aromatic rings. The zero-order valence-corrected chi connectivity index (χ0v) is 17.4. The van der Waals surface area contributed by atoms with Crippen LogP contribution in [0.25, 0.3) is 0 Å². The first-order valence-electron chi connectivity index (χ1n) is 9.25. The molecule has 1 saturated carbocycles. The Labute approximate surface area is 174 Å².